The summed E-state index contributed by atoms with van der Waals surface area (Å²) in [5.74, 6) is 0.822. The highest BCUT2D eigenvalue weighted by atomic mass is 79.9. The van der Waals surface area contributed by atoms with Crippen molar-refractivity contribution < 1.29 is 0 Å². The largest absolute Gasteiger partial charge is 0.308 e. The number of hydrogen-bond donors (Lipinski definition) is 1. The van der Waals surface area contributed by atoms with Crippen molar-refractivity contribution in [3.63, 3.8) is 0 Å². The molecule has 2 aromatic rings. The van der Waals surface area contributed by atoms with E-state index in [0.29, 0.717) is 12.6 Å². The Balaban J connectivity index is 2.12. The van der Waals surface area contributed by atoms with Crippen molar-refractivity contribution in [1.29, 1.82) is 0 Å². The van der Waals surface area contributed by atoms with Crippen LogP contribution in [0.3, 0.4) is 0 Å². The molecule has 0 amide bonds. The van der Waals surface area contributed by atoms with Crippen molar-refractivity contribution in [3.05, 3.63) is 47.0 Å². The zero-order chi connectivity index (χ0) is 13.0. The molecular formula is C14H16BrN3. The summed E-state index contributed by atoms with van der Waals surface area (Å²) in [4.78, 5) is 8.74. The Morgan fingerprint density at radius 1 is 1.17 bits per heavy atom. The van der Waals surface area contributed by atoms with Crippen LogP contribution in [-0.2, 0) is 6.54 Å². The standard InChI is InChI=1S/C14H16BrN3/c1-10(2)16-9-14-17-7-12(8-18-14)11-4-3-5-13(15)6-11/h3-8,10,16H,9H2,1-2H3. The van der Waals surface area contributed by atoms with Crippen LogP contribution >= 0.6 is 15.9 Å². The van der Waals surface area contributed by atoms with Gasteiger partial charge in [-0.1, -0.05) is 41.9 Å². The highest BCUT2D eigenvalue weighted by Crippen LogP contribution is 2.21. The first-order chi connectivity index (χ1) is 8.65. The fourth-order valence-electron chi connectivity index (χ4n) is 1.56. The third kappa shape index (κ3) is 3.62. The van der Waals surface area contributed by atoms with Crippen LogP contribution in [0.5, 0.6) is 0 Å². The zero-order valence-corrected chi connectivity index (χ0v) is 12.1. The Morgan fingerprint density at radius 3 is 2.50 bits per heavy atom. The van der Waals surface area contributed by atoms with Crippen molar-refractivity contribution in [2.24, 2.45) is 0 Å². The van der Waals surface area contributed by atoms with Crippen LogP contribution in [0.15, 0.2) is 41.1 Å². The highest BCUT2D eigenvalue weighted by Gasteiger charge is 2.01. The van der Waals surface area contributed by atoms with E-state index in [1.807, 2.05) is 24.5 Å². The first-order valence-corrected chi connectivity index (χ1v) is 6.74. The lowest BCUT2D eigenvalue weighted by Gasteiger charge is -2.07. The number of aromatic nitrogens is 2. The SMILES string of the molecule is CC(C)NCc1ncc(-c2cccc(Br)c2)cn1. The monoisotopic (exact) mass is 305 g/mol. The van der Waals surface area contributed by atoms with Gasteiger partial charge in [0.1, 0.15) is 5.82 Å². The minimum Gasteiger partial charge on any atom is -0.308 e. The molecule has 0 aliphatic carbocycles. The summed E-state index contributed by atoms with van der Waals surface area (Å²) in [6.45, 7) is 4.92. The fourth-order valence-corrected chi connectivity index (χ4v) is 1.96. The van der Waals surface area contributed by atoms with Gasteiger partial charge in [0.2, 0.25) is 0 Å². The predicted octanol–water partition coefficient (Wildman–Crippen LogP) is 3.40. The second-order valence-electron chi connectivity index (χ2n) is 4.43. The summed E-state index contributed by atoms with van der Waals surface area (Å²) in [6.07, 6.45) is 3.73. The fraction of sp³-hybridized carbons (Fsp3) is 0.286. The quantitative estimate of drug-likeness (QED) is 0.940. The van der Waals surface area contributed by atoms with Gasteiger partial charge in [0, 0.05) is 28.5 Å². The maximum atomic E-state index is 4.37. The Morgan fingerprint density at radius 2 is 1.89 bits per heavy atom. The number of benzene rings is 1. The van der Waals surface area contributed by atoms with Gasteiger partial charge >= 0.3 is 0 Å². The molecule has 0 aliphatic rings. The summed E-state index contributed by atoms with van der Waals surface area (Å²) < 4.78 is 1.06. The van der Waals surface area contributed by atoms with Crippen molar-refractivity contribution in [2.75, 3.05) is 0 Å². The molecule has 0 atom stereocenters. The van der Waals surface area contributed by atoms with Crippen LogP contribution in [0.4, 0.5) is 0 Å². The minimum absolute atomic E-state index is 0.443. The normalized spacial score (nSPS) is 10.9. The molecule has 0 saturated heterocycles. The summed E-state index contributed by atoms with van der Waals surface area (Å²) in [5, 5.41) is 3.30. The summed E-state index contributed by atoms with van der Waals surface area (Å²) in [7, 11) is 0. The highest BCUT2D eigenvalue weighted by molar-refractivity contribution is 9.10. The van der Waals surface area contributed by atoms with Crippen molar-refractivity contribution in [1.82, 2.24) is 15.3 Å². The van der Waals surface area contributed by atoms with Gasteiger partial charge in [-0.3, -0.25) is 0 Å². The lowest BCUT2D eigenvalue weighted by molar-refractivity contribution is 0.572. The average Bonchev–Trinajstić information content (AvgIpc) is 2.37. The smallest absolute Gasteiger partial charge is 0.141 e. The van der Waals surface area contributed by atoms with Crippen molar-refractivity contribution in [3.8, 4) is 11.1 Å². The number of halogens is 1. The molecule has 0 aliphatic heterocycles. The van der Waals surface area contributed by atoms with E-state index in [1.54, 1.807) is 0 Å². The molecule has 18 heavy (non-hydrogen) atoms. The second-order valence-corrected chi connectivity index (χ2v) is 5.35. The second kappa shape index (κ2) is 6.07. The molecule has 0 radical (unpaired) electrons. The number of nitrogens with zero attached hydrogens (tertiary/aromatic N) is 2. The molecule has 1 aromatic heterocycles. The van der Waals surface area contributed by atoms with Gasteiger partial charge in [-0.25, -0.2) is 9.97 Å². The van der Waals surface area contributed by atoms with Gasteiger partial charge in [-0.05, 0) is 17.7 Å². The van der Waals surface area contributed by atoms with E-state index in [0.717, 1.165) is 21.4 Å². The molecule has 3 nitrogen and oxygen atoms in total. The molecule has 0 bridgehead atoms. The van der Waals surface area contributed by atoms with Crippen LogP contribution in [0.2, 0.25) is 0 Å². The van der Waals surface area contributed by atoms with Gasteiger partial charge in [0.15, 0.2) is 0 Å². The molecule has 94 valence electrons. The molecular weight excluding hydrogens is 290 g/mol. The Labute approximate surface area is 116 Å². The zero-order valence-electron chi connectivity index (χ0n) is 10.5. The number of rotatable bonds is 4. The molecule has 4 heteroatoms. The first-order valence-electron chi connectivity index (χ1n) is 5.95. The van der Waals surface area contributed by atoms with E-state index in [1.165, 1.54) is 0 Å². The van der Waals surface area contributed by atoms with Gasteiger partial charge < -0.3 is 5.32 Å². The van der Waals surface area contributed by atoms with Crippen LogP contribution in [0.1, 0.15) is 19.7 Å². The lowest BCUT2D eigenvalue weighted by atomic mass is 10.1. The molecule has 0 saturated carbocycles. The first kappa shape index (κ1) is 13.2. The number of nitrogens with one attached hydrogen (secondary N) is 1. The third-order valence-corrected chi connectivity index (χ3v) is 3.02. The van der Waals surface area contributed by atoms with E-state index in [9.17, 15) is 0 Å². The van der Waals surface area contributed by atoms with Gasteiger partial charge in [0.25, 0.3) is 0 Å². The third-order valence-electron chi connectivity index (χ3n) is 2.53. The lowest BCUT2D eigenvalue weighted by Crippen LogP contribution is -2.23. The molecule has 0 fully saturated rings. The van der Waals surface area contributed by atoms with E-state index >= 15 is 0 Å². The maximum Gasteiger partial charge on any atom is 0.141 e. The van der Waals surface area contributed by atoms with Gasteiger partial charge in [0.05, 0.1) is 6.54 Å². The van der Waals surface area contributed by atoms with E-state index < -0.39 is 0 Å². The predicted molar refractivity (Wildman–Crippen MR) is 77.1 cm³/mol. The van der Waals surface area contributed by atoms with Crippen LogP contribution < -0.4 is 5.32 Å². The summed E-state index contributed by atoms with van der Waals surface area (Å²) in [5.41, 5.74) is 2.15. The maximum absolute atomic E-state index is 4.37. The van der Waals surface area contributed by atoms with E-state index in [-0.39, 0.29) is 0 Å². The molecule has 0 spiro atoms. The minimum atomic E-state index is 0.443. The van der Waals surface area contributed by atoms with Gasteiger partial charge in [-0.15, -0.1) is 0 Å². The number of hydrogen-bond acceptors (Lipinski definition) is 3. The average molecular weight is 306 g/mol. The Kier molecular flexibility index (Phi) is 4.44. The van der Waals surface area contributed by atoms with Crippen LogP contribution in [-0.4, -0.2) is 16.0 Å². The van der Waals surface area contributed by atoms with Gasteiger partial charge in [-0.2, -0.15) is 0 Å². The Bertz CT molecular complexity index is 509. The van der Waals surface area contributed by atoms with Crippen LogP contribution in [0.25, 0.3) is 11.1 Å². The summed E-state index contributed by atoms with van der Waals surface area (Å²) in [6, 6.07) is 8.57. The molecule has 0 unspecified atom stereocenters. The Hall–Kier alpha value is -1.26. The molecule has 2 rings (SSSR count). The van der Waals surface area contributed by atoms with Crippen LogP contribution in [0, 0.1) is 0 Å². The summed E-state index contributed by atoms with van der Waals surface area (Å²) >= 11 is 3.46. The van der Waals surface area contributed by atoms with Crippen molar-refractivity contribution in [2.45, 2.75) is 26.4 Å². The van der Waals surface area contributed by atoms with E-state index in [2.05, 4.69) is 57.2 Å². The topological polar surface area (TPSA) is 37.8 Å². The van der Waals surface area contributed by atoms with E-state index in [4.69, 9.17) is 0 Å². The molecule has 1 aromatic carbocycles. The van der Waals surface area contributed by atoms with Crippen molar-refractivity contribution >= 4 is 15.9 Å². The molecule has 1 heterocycles. The molecule has 1 N–H and O–H groups in total.